The zero-order valence-corrected chi connectivity index (χ0v) is 15.5. The van der Waals surface area contributed by atoms with Crippen LogP contribution in [0.3, 0.4) is 0 Å². The summed E-state index contributed by atoms with van der Waals surface area (Å²) in [5.41, 5.74) is 0. The summed E-state index contributed by atoms with van der Waals surface area (Å²) < 4.78 is 0. The van der Waals surface area contributed by atoms with E-state index in [1.165, 1.54) is 0 Å². The molecule has 1 fully saturated rings. The van der Waals surface area contributed by atoms with Gasteiger partial charge in [0.15, 0.2) is 0 Å². The Morgan fingerprint density at radius 3 is 2.48 bits per heavy atom. The van der Waals surface area contributed by atoms with Crippen LogP contribution in [-0.4, -0.2) is 44.7 Å². The highest BCUT2D eigenvalue weighted by Gasteiger charge is 2.39. The predicted molar refractivity (Wildman–Crippen MR) is 98.2 cm³/mol. The van der Waals surface area contributed by atoms with Crippen LogP contribution < -0.4 is 0 Å². The van der Waals surface area contributed by atoms with Crippen LogP contribution in [-0.2, 0) is 4.79 Å². The molecule has 0 radical (unpaired) electrons. The van der Waals surface area contributed by atoms with Gasteiger partial charge in [0.2, 0.25) is 0 Å². The Balaban J connectivity index is 2.38. The maximum absolute atomic E-state index is 10.5. The van der Waals surface area contributed by atoms with Crippen LogP contribution in [0.2, 0.25) is 0 Å². The first-order chi connectivity index (χ1) is 12.0. The number of aliphatic hydroxyl groups is 3. The first-order valence-electron chi connectivity index (χ1n) is 9.90. The van der Waals surface area contributed by atoms with E-state index in [4.69, 9.17) is 5.11 Å². The standard InChI is InChI=1S/C20H36O5/c1-2-3-6-9-15(21)12-13-17-16(18(22)14-19(17)23)10-7-4-5-8-11-20(24)25/h12-13,15-19,21-23H,2-11,14H2,1H3,(H,24,25)/b13-12+/t15-,16-,17-,18+,19-/m1/s1. The van der Waals surface area contributed by atoms with Crippen molar-refractivity contribution in [2.75, 3.05) is 0 Å². The zero-order chi connectivity index (χ0) is 18.7. The monoisotopic (exact) mass is 356 g/mol. The fourth-order valence-electron chi connectivity index (χ4n) is 3.74. The second kappa shape index (κ2) is 12.4. The van der Waals surface area contributed by atoms with Crippen LogP contribution >= 0.6 is 0 Å². The van der Waals surface area contributed by atoms with Gasteiger partial charge in [-0.15, -0.1) is 0 Å². The zero-order valence-electron chi connectivity index (χ0n) is 15.5. The number of carbonyl (C=O) groups is 1. The molecule has 1 aliphatic carbocycles. The van der Waals surface area contributed by atoms with Crippen molar-refractivity contribution in [2.24, 2.45) is 11.8 Å². The second-order valence-electron chi connectivity index (χ2n) is 7.41. The number of aliphatic carboxylic acids is 1. The highest BCUT2D eigenvalue weighted by Crippen LogP contribution is 2.37. The molecule has 0 aliphatic heterocycles. The highest BCUT2D eigenvalue weighted by molar-refractivity contribution is 5.66. The largest absolute Gasteiger partial charge is 0.481 e. The predicted octanol–water partition coefficient (Wildman–Crippen LogP) is 3.27. The SMILES string of the molecule is CCCCC[C@@H](O)/C=C/[C@@H]1[C@@H](CCCCCCC(=O)O)[C@@H](O)C[C@H]1O. The fourth-order valence-corrected chi connectivity index (χ4v) is 3.74. The molecule has 1 rings (SSSR count). The van der Waals surface area contributed by atoms with E-state index in [0.29, 0.717) is 12.8 Å². The Kier molecular flexibility index (Phi) is 11.0. The molecule has 1 aliphatic rings. The van der Waals surface area contributed by atoms with E-state index in [-0.39, 0.29) is 18.3 Å². The van der Waals surface area contributed by atoms with Gasteiger partial charge in [0.1, 0.15) is 0 Å². The van der Waals surface area contributed by atoms with Crippen molar-refractivity contribution in [3.63, 3.8) is 0 Å². The Hall–Kier alpha value is -0.910. The van der Waals surface area contributed by atoms with Crippen molar-refractivity contribution in [3.05, 3.63) is 12.2 Å². The van der Waals surface area contributed by atoms with Crippen molar-refractivity contribution >= 4 is 5.97 Å². The normalized spacial score (nSPS) is 27.8. The lowest BCUT2D eigenvalue weighted by Gasteiger charge is -2.21. The minimum atomic E-state index is -0.753. The molecule has 5 heteroatoms. The first-order valence-corrected chi connectivity index (χ1v) is 9.90. The van der Waals surface area contributed by atoms with E-state index in [1.807, 2.05) is 6.08 Å². The van der Waals surface area contributed by atoms with Gasteiger partial charge in [-0.2, -0.15) is 0 Å². The summed E-state index contributed by atoms with van der Waals surface area (Å²) in [7, 11) is 0. The summed E-state index contributed by atoms with van der Waals surface area (Å²) in [5.74, 6) is -0.833. The van der Waals surface area contributed by atoms with Gasteiger partial charge in [0, 0.05) is 18.8 Å². The van der Waals surface area contributed by atoms with E-state index in [1.54, 1.807) is 6.08 Å². The van der Waals surface area contributed by atoms with E-state index < -0.39 is 24.3 Å². The van der Waals surface area contributed by atoms with Crippen LogP contribution in [0.15, 0.2) is 12.2 Å². The Bertz CT molecular complexity index is 396. The number of hydrogen-bond acceptors (Lipinski definition) is 4. The lowest BCUT2D eigenvalue weighted by Crippen LogP contribution is -2.21. The molecule has 146 valence electrons. The number of carboxylic acid groups (broad SMARTS) is 1. The van der Waals surface area contributed by atoms with Crippen LogP contribution in [0, 0.1) is 11.8 Å². The van der Waals surface area contributed by atoms with Gasteiger partial charge < -0.3 is 20.4 Å². The molecule has 0 aromatic heterocycles. The summed E-state index contributed by atoms with van der Waals surface area (Å²) >= 11 is 0. The lowest BCUT2D eigenvalue weighted by molar-refractivity contribution is -0.137. The van der Waals surface area contributed by atoms with Crippen LogP contribution in [0.1, 0.15) is 77.6 Å². The minimum Gasteiger partial charge on any atom is -0.481 e. The van der Waals surface area contributed by atoms with Crippen molar-refractivity contribution in [2.45, 2.75) is 95.9 Å². The van der Waals surface area contributed by atoms with Crippen molar-refractivity contribution in [3.8, 4) is 0 Å². The average Bonchev–Trinajstić information content (AvgIpc) is 2.82. The molecule has 0 amide bonds. The number of hydrogen-bond donors (Lipinski definition) is 4. The molecule has 0 spiro atoms. The van der Waals surface area contributed by atoms with E-state index >= 15 is 0 Å². The van der Waals surface area contributed by atoms with Crippen molar-refractivity contribution < 1.29 is 25.2 Å². The van der Waals surface area contributed by atoms with E-state index in [9.17, 15) is 20.1 Å². The van der Waals surface area contributed by atoms with Gasteiger partial charge in [-0.05, 0) is 25.2 Å². The third-order valence-corrected chi connectivity index (χ3v) is 5.25. The molecule has 0 aromatic carbocycles. The maximum Gasteiger partial charge on any atom is 0.303 e. The Labute approximate surface area is 151 Å². The summed E-state index contributed by atoms with van der Waals surface area (Å²) in [5, 5.41) is 39.0. The third-order valence-electron chi connectivity index (χ3n) is 5.25. The number of aliphatic hydroxyl groups excluding tert-OH is 3. The number of carboxylic acids is 1. The van der Waals surface area contributed by atoms with Gasteiger partial charge in [0.05, 0.1) is 18.3 Å². The molecular weight excluding hydrogens is 320 g/mol. The fraction of sp³-hybridized carbons (Fsp3) is 0.850. The summed E-state index contributed by atoms with van der Waals surface area (Å²) in [6.45, 7) is 2.13. The van der Waals surface area contributed by atoms with E-state index in [0.717, 1.165) is 51.4 Å². The number of unbranched alkanes of at least 4 members (excludes halogenated alkanes) is 5. The summed E-state index contributed by atoms with van der Waals surface area (Å²) in [6, 6.07) is 0. The number of rotatable bonds is 13. The minimum absolute atomic E-state index is 0.0218. The Morgan fingerprint density at radius 1 is 1.08 bits per heavy atom. The van der Waals surface area contributed by atoms with Gasteiger partial charge >= 0.3 is 5.97 Å². The quantitative estimate of drug-likeness (QED) is 0.300. The molecule has 0 heterocycles. The molecule has 4 N–H and O–H groups in total. The van der Waals surface area contributed by atoms with Crippen LogP contribution in [0.5, 0.6) is 0 Å². The van der Waals surface area contributed by atoms with Gasteiger partial charge in [-0.1, -0.05) is 57.6 Å². The first kappa shape index (κ1) is 22.1. The van der Waals surface area contributed by atoms with E-state index in [2.05, 4.69) is 6.92 Å². The van der Waals surface area contributed by atoms with Gasteiger partial charge in [-0.3, -0.25) is 4.79 Å². The summed E-state index contributed by atoms with van der Waals surface area (Å²) in [6.07, 6.45) is 11.0. The van der Waals surface area contributed by atoms with Crippen LogP contribution in [0.4, 0.5) is 0 Å². The lowest BCUT2D eigenvalue weighted by atomic mass is 9.88. The third kappa shape index (κ3) is 8.84. The topological polar surface area (TPSA) is 98.0 Å². The van der Waals surface area contributed by atoms with Gasteiger partial charge in [0.25, 0.3) is 0 Å². The Morgan fingerprint density at radius 2 is 1.80 bits per heavy atom. The average molecular weight is 357 g/mol. The highest BCUT2D eigenvalue weighted by atomic mass is 16.4. The van der Waals surface area contributed by atoms with Crippen LogP contribution in [0.25, 0.3) is 0 Å². The smallest absolute Gasteiger partial charge is 0.303 e. The molecular formula is C20H36O5. The van der Waals surface area contributed by atoms with Gasteiger partial charge in [-0.25, -0.2) is 0 Å². The molecule has 5 nitrogen and oxygen atoms in total. The molecule has 1 saturated carbocycles. The van der Waals surface area contributed by atoms with Crippen molar-refractivity contribution in [1.29, 1.82) is 0 Å². The summed E-state index contributed by atoms with van der Waals surface area (Å²) in [4.78, 5) is 10.5. The van der Waals surface area contributed by atoms with Crippen molar-refractivity contribution in [1.82, 2.24) is 0 Å². The molecule has 25 heavy (non-hydrogen) atoms. The second-order valence-corrected chi connectivity index (χ2v) is 7.41. The maximum atomic E-state index is 10.5. The molecule has 5 atom stereocenters. The molecule has 0 saturated heterocycles. The molecule has 0 bridgehead atoms. The molecule has 0 unspecified atom stereocenters. The molecule has 0 aromatic rings.